The summed E-state index contributed by atoms with van der Waals surface area (Å²) in [6, 6.07) is 6.07. The first kappa shape index (κ1) is 14.5. The molecule has 0 amide bonds. The maximum Gasteiger partial charge on any atom is 0.306 e. The Balaban J connectivity index is 2.56. The van der Waals surface area contributed by atoms with Crippen molar-refractivity contribution in [1.29, 1.82) is 0 Å². The summed E-state index contributed by atoms with van der Waals surface area (Å²) in [5.74, 6) is 0.542. The molecule has 3 nitrogen and oxygen atoms in total. The van der Waals surface area contributed by atoms with Gasteiger partial charge in [-0.05, 0) is 24.6 Å². The molecule has 0 radical (unpaired) electrons. The van der Waals surface area contributed by atoms with Crippen LogP contribution in [0.1, 0.15) is 24.9 Å². The summed E-state index contributed by atoms with van der Waals surface area (Å²) in [5, 5.41) is 0. The molecule has 0 saturated heterocycles. The number of hydrogen-bond acceptors (Lipinski definition) is 4. The third kappa shape index (κ3) is 4.69. The molecule has 0 aliphatic carbocycles. The van der Waals surface area contributed by atoms with Gasteiger partial charge in [-0.2, -0.15) is 0 Å². The van der Waals surface area contributed by atoms with Crippen LogP contribution in [0, 0.1) is 0 Å². The Hall–Kier alpha value is -0.520. The molecule has 1 rings (SSSR count). The fraction of sp³-hybridized carbons (Fsp3) is 0.417. The van der Waals surface area contributed by atoms with E-state index in [0.717, 1.165) is 20.7 Å². The van der Waals surface area contributed by atoms with Gasteiger partial charge in [-0.15, -0.1) is 11.8 Å². The van der Waals surface area contributed by atoms with Crippen LogP contribution >= 0.6 is 27.7 Å². The van der Waals surface area contributed by atoms with Crippen molar-refractivity contribution in [3.63, 3.8) is 0 Å². The van der Waals surface area contributed by atoms with E-state index < -0.39 is 0 Å². The molecule has 0 aliphatic heterocycles. The fourth-order valence-corrected chi connectivity index (χ4v) is 3.08. The lowest BCUT2D eigenvalue weighted by molar-refractivity contribution is -0.140. The minimum Gasteiger partial charge on any atom is -0.469 e. The molecular weight excluding hydrogens is 302 g/mol. The van der Waals surface area contributed by atoms with Gasteiger partial charge in [0.2, 0.25) is 0 Å². The molecule has 1 atom stereocenters. The quantitative estimate of drug-likeness (QED) is 0.669. The molecule has 0 saturated carbocycles. The zero-order valence-electron chi connectivity index (χ0n) is 9.90. The molecule has 0 unspecified atom stereocenters. The predicted octanol–water partition coefficient (Wildman–Crippen LogP) is 3.12. The van der Waals surface area contributed by atoms with Gasteiger partial charge in [-0.1, -0.05) is 22.0 Å². The van der Waals surface area contributed by atoms with E-state index in [4.69, 9.17) is 5.73 Å². The number of carbonyl (C=O) groups excluding carboxylic acids is 1. The van der Waals surface area contributed by atoms with Gasteiger partial charge in [-0.25, -0.2) is 0 Å². The van der Waals surface area contributed by atoms with E-state index in [1.54, 1.807) is 11.8 Å². The summed E-state index contributed by atoms with van der Waals surface area (Å²) in [4.78, 5) is 12.1. The third-order valence-corrected chi connectivity index (χ3v) is 3.95. The highest BCUT2D eigenvalue weighted by Crippen LogP contribution is 2.28. The largest absolute Gasteiger partial charge is 0.469 e. The second-order valence-corrected chi connectivity index (χ2v) is 5.67. The second-order valence-electron chi connectivity index (χ2n) is 3.65. The Morgan fingerprint density at radius 2 is 2.29 bits per heavy atom. The molecule has 0 spiro atoms. The Morgan fingerprint density at radius 3 is 2.82 bits per heavy atom. The van der Waals surface area contributed by atoms with Gasteiger partial charge in [0.05, 0.1) is 13.5 Å². The van der Waals surface area contributed by atoms with Gasteiger partial charge >= 0.3 is 5.97 Å². The third-order valence-electron chi connectivity index (χ3n) is 2.27. The standard InChI is InChI=1S/C12H16BrNO2S/c1-8(14)10-4-3-9(7-11(10)13)17-6-5-12(15)16-2/h3-4,7-8H,5-6,14H2,1-2H3/t8-/m0/s1. The highest BCUT2D eigenvalue weighted by atomic mass is 79.9. The molecule has 0 aliphatic rings. The number of halogens is 1. The van der Waals surface area contributed by atoms with Crippen LogP contribution in [0.4, 0.5) is 0 Å². The number of nitrogens with two attached hydrogens (primary N) is 1. The molecule has 17 heavy (non-hydrogen) atoms. The van der Waals surface area contributed by atoms with Crippen LogP contribution in [-0.4, -0.2) is 18.8 Å². The Bertz CT molecular complexity index is 396. The van der Waals surface area contributed by atoms with E-state index in [1.165, 1.54) is 7.11 Å². The number of hydrogen-bond donors (Lipinski definition) is 1. The zero-order chi connectivity index (χ0) is 12.8. The first-order valence-electron chi connectivity index (χ1n) is 5.29. The molecule has 94 valence electrons. The summed E-state index contributed by atoms with van der Waals surface area (Å²) < 4.78 is 5.59. The SMILES string of the molecule is COC(=O)CCSc1ccc([C@H](C)N)c(Br)c1. The number of rotatable bonds is 5. The van der Waals surface area contributed by atoms with Crippen LogP contribution in [-0.2, 0) is 9.53 Å². The average molecular weight is 318 g/mol. The Labute approximate surface area is 114 Å². The van der Waals surface area contributed by atoms with Crippen LogP contribution in [0.3, 0.4) is 0 Å². The van der Waals surface area contributed by atoms with Gasteiger partial charge in [0, 0.05) is 21.2 Å². The minimum absolute atomic E-state index is 0.0125. The number of methoxy groups -OCH3 is 1. The lowest BCUT2D eigenvalue weighted by Gasteiger charge is -2.10. The van der Waals surface area contributed by atoms with Crippen molar-refractivity contribution in [3.05, 3.63) is 28.2 Å². The molecular formula is C12H16BrNO2S. The highest BCUT2D eigenvalue weighted by molar-refractivity contribution is 9.10. The molecule has 1 aromatic carbocycles. The maximum absolute atomic E-state index is 11.0. The van der Waals surface area contributed by atoms with Crippen molar-refractivity contribution in [3.8, 4) is 0 Å². The number of ether oxygens (including phenoxy) is 1. The predicted molar refractivity (Wildman–Crippen MR) is 74.1 cm³/mol. The van der Waals surface area contributed by atoms with Gasteiger partial charge in [-0.3, -0.25) is 4.79 Å². The monoisotopic (exact) mass is 317 g/mol. The lowest BCUT2D eigenvalue weighted by atomic mass is 10.1. The van der Waals surface area contributed by atoms with Crippen molar-refractivity contribution in [2.24, 2.45) is 5.73 Å². The summed E-state index contributed by atoms with van der Waals surface area (Å²) in [5.41, 5.74) is 6.91. The highest BCUT2D eigenvalue weighted by Gasteiger charge is 2.06. The van der Waals surface area contributed by atoms with E-state index in [0.29, 0.717) is 6.42 Å². The van der Waals surface area contributed by atoms with Crippen LogP contribution in [0.15, 0.2) is 27.6 Å². The van der Waals surface area contributed by atoms with Crippen molar-refractivity contribution in [2.75, 3.05) is 12.9 Å². The number of benzene rings is 1. The topological polar surface area (TPSA) is 52.3 Å². The summed E-state index contributed by atoms with van der Waals surface area (Å²) in [6.45, 7) is 1.95. The van der Waals surface area contributed by atoms with E-state index in [9.17, 15) is 4.79 Å². The number of thioether (sulfide) groups is 1. The van der Waals surface area contributed by atoms with E-state index in [2.05, 4.69) is 20.7 Å². The molecule has 5 heteroatoms. The average Bonchev–Trinajstić information content (AvgIpc) is 2.28. The Morgan fingerprint density at radius 1 is 1.59 bits per heavy atom. The first-order chi connectivity index (χ1) is 8.04. The van der Waals surface area contributed by atoms with E-state index in [-0.39, 0.29) is 12.0 Å². The molecule has 0 aromatic heterocycles. The molecule has 0 fully saturated rings. The van der Waals surface area contributed by atoms with E-state index >= 15 is 0 Å². The Kier molecular flexibility index (Phi) is 6.02. The summed E-state index contributed by atoms with van der Waals surface area (Å²) >= 11 is 5.12. The van der Waals surface area contributed by atoms with Gasteiger partial charge < -0.3 is 10.5 Å². The van der Waals surface area contributed by atoms with Crippen LogP contribution in [0.5, 0.6) is 0 Å². The lowest BCUT2D eigenvalue weighted by Crippen LogP contribution is -2.05. The van der Waals surface area contributed by atoms with Gasteiger partial charge in [0.1, 0.15) is 0 Å². The smallest absolute Gasteiger partial charge is 0.306 e. The summed E-state index contributed by atoms with van der Waals surface area (Å²) in [7, 11) is 1.40. The number of carbonyl (C=O) groups is 1. The number of esters is 1. The molecule has 0 bridgehead atoms. The van der Waals surface area contributed by atoms with Crippen molar-refractivity contribution in [2.45, 2.75) is 24.3 Å². The first-order valence-corrected chi connectivity index (χ1v) is 7.07. The minimum atomic E-state index is -0.177. The van der Waals surface area contributed by atoms with Crippen molar-refractivity contribution in [1.82, 2.24) is 0 Å². The van der Waals surface area contributed by atoms with Crippen LogP contribution in [0.2, 0.25) is 0 Å². The second kappa shape index (κ2) is 7.03. The van der Waals surface area contributed by atoms with Gasteiger partial charge in [0.15, 0.2) is 0 Å². The van der Waals surface area contributed by atoms with Crippen molar-refractivity contribution < 1.29 is 9.53 Å². The normalized spacial score (nSPS) is 12.2. The fourth-order valence-electron chi connectivity index (χ4n) is 1.32. The molecule has 0 heterocycles. The zero-order valence-corrected chi connectivity index (χ0v) is 12.3. The maximum atomic E-state index is 11.0. The molecule has 2 N–H and O–H groups in total. The summed E-state index contributed by atoms with van der Waals surface area (Å²) in [6.07, 6.45) is 0.424. The van der Waals surface area contributed by atoms with Crippen LogP contribution < -0.4 is 5.73 Å². The van der Waals surface area contributed by atoms with Crippen molar-refractivity contribution >= 4 is 33.7 Å². The van der Waals surface area contributed by atoms with Crippen LogP contribution in [0.25, 0.3) is 0 Å². The van der Waals surface area contributed by atoms with Gasteiger partial charge in [0.25, 0.3) is 0 Å². The van der Waals surface area contributed by atoms with E-state index in [1.807, 2.05) is 25.1 Å². The molecule has 1 aromatic rings.